The van der Waals surface area contributed by atoms with Crippen molar-refractivity contribution in [3.8, 4) is 0 Å². The summed E-state index contributed by atoms with van der Waals surface area (Å²) in [6.45, 7) is 5.79. The van der Waals surface area contributed by atoms with Gasteiger partial charge in [-0.2, -0.15) is 0 Å². The molecule has 0 bridgehead atoms. The Morgan fingerprint density at radius 1 is 1.36 bits per heavy atom. The van der Waals surface area contributed by atoms with Crippen LogP contribution in [0.1, 0.15) is 33.6 Å². The highest BCUT2D eigenvalue weighted by Crippen LogP contribution is 2.19. The number of nitrogens with zero attached hydrogens (tertiary/aromatic N) is 1. The van der Waals surface area contributed by atoms with Crippen molar-refractivity contribution in [1.29, 1.82) is 0 Å². The predicted octanol–water partition coefficient (Wildman–Crippen LogP) is 1.75. The molecule has 0 aromatic carbocycles. The van der Waals surface area contributed by atoms with E-state index >= 15 is 0 Å². The van der Waals surface area contributed by atoms with Gasteiger partial charge in [-0.1, -0.05) is 19.1 Å². The Bertz CT molecular complexity index is 447. The van der Waals surface area contributed by atoms with Crippen LogP contribution in [0.2, 0.25) is 0 Å². The number of hydrogen-bond acceptors (Lipinski definition) is 4. The van der Waals surface area contributed by atoms with Gasteiger partial charge in [-0.05, 0) is 32.6 Å². The Kier molecular flexibility index (Phi) is 7.08. The van der Waals surface area contributed by atoms with Crippen LogP contribution >= 0.6 is 0 Å². The molecule has 1 heterocycles. The maximum Gasteiger partial charge on any atom is 0.409 e. The van der Waals surface area contributed by atoms with Crippen LogP contribution in [0.5, 0.6) is 0 Å². The second-order valence-corrected chi connectivity index (χ2v) is 5.76. The summed E-state index contributed by atoms with van der Waals surface area (Å²) in [5.41, 5.74) is 0. The van der Waals surface area contributed by atoms with Gasteiger partial charge in [-0.15, -0.1) is 0 Å². The lowest BCUT2D eigenvalue weighted by Gasteiger charge is -2.26. The Labute approximate surface area is 131 Å². The first-order valence-corrected chi connectivity index (χ1v) is 7.68. The Balaban J connectivity index is 2.93. The smallest absolute Gasteiger partial charge is 0.409 e. The number of nitrogens with one attached hydrogen (secondary N) is 1. The van der Waals surface area contributed by atoms with Gasteiger partial charge in [0, 0.05) is 19.5 Å². The van der Waals surface area contributed by atoms with Crippen LogP contribution < -0.4 is 5.32 Å². The topological polar surface area (TPSA) is 75.7 Å². The largest absolute Gasteiger partial charge is 0.449 e. The second kappa shape index (κ2) is 8.56. The fraction of sp³-hybridized carbons (Fsp3) is 0.688. The summed E-state index contributed by atoms with van der Waals surface area (Å²) in [4.78, 5) is 37.3. The summed E-state index contributed by atoms with van der Waals surface area (Å²) in [5.74, 6) is -0.566. The SMILES string of the molecule is C/C=C/[C@H]1CCOC(=O)N(C)CC[C@@H](C(C)=O)NC(=O)[C@@H]1C. The minimum Gasteiger partial charge on any atom is -0.449 e. The Morgan fingerprint density at radius 2 is 2.05 bits per heavy atom. The lowest BCUT2D eigenvalue weighted by atomic mass is 9.89. The molecule has 0 aromatic rings. The molecular weight excluding hydrogens is 284 g/mol. The van der Waals surface area contributed by atoms with E-state index in [1.165, 1.54) is 11.8 Å². The average Bonchev–Trinajstić information content (AvgIpc) is 2.47. The van der Waals surface area contributed by atoms with Crippen LogP contribution in [-0.4, -0.2) is 48.9 Å². The summed E-state index contributed by atoms with van der Waals surface area (Å²) >= 11 is 0. The number of cyclic esters (lactones) is 1. The van der Waals surface area contributed by atoms with Crippen molar-refractivity contribution in [2.75, 3.05) is 20.2 Å². The zero-order chi connectivity index (χ0) is 16.7. The number of rotatable bonds is 2. The van der Waals surface area contributed by atoms with Gasteiger partial charge in [-0.25, -0.2) is 4.79 Å². The molecule has 6 nitrogen and oxygen atoms in total. The lowest BCUT2D eigenvalue weighted by molar-refractivity contribution is -0.130. The maximum absolute atomic E-state index is 12.4. The number of ether oxygens (including phenoxy) is 1. The first-order chi connectivity index (χ1) is 10.4. The summed E-state index contributed by atoms with van der Waals surface area (Å²) in [5, 5.41) is 2.81. The average molecular weight is 310 g/mol. The monoisotopic (exact) mass is 310 g/mol. The molecule has 0 aliphatic carbocycles. The van der Waals surface area contributed by atoms with E-state index in [1.807, 2.05) is 26.0 Å². The van der Waals surface area contributed by atoms with Crippen molar-refractivity contribution >= 4 is 17.8 Å². The highest BCUT2D eigenvalue weighted by Gasteiger charge is 2.27. The van der Waals surface area contributed by atoms with Crippen LogP contribution in [0.3, 0.4) is 0 Å². The molecule has 1 aliphatic heterocycles. The zero-order valence-corrected chi connectivity index (χ0v) is 13.8. The predicted molar refractivity (Wildman–Crippen MR) is 83.3 cm³/mol. The summed E-state index contributed by atoms with van der Waals surface area (Å²) < 4.78 is 5.22. The van der Waals surface area contributed by atoms with Gasteiger partial charge in [0.15, 0.2) is 5.78 Å². The van der Waals surface area contributed by atoms with E-state index in [0.29, 0.717) is 19.4 Å². The molecule has 1 N–H and O–H groups in total. The molecule has 2 amide bonds. The summed E-state index contributed by atoms with van der Waals surface area (Å²) in [6, 6.07) is -0.573. The zero-order valence-electron chi connectivity index (χ0n) is 13.8. The van der Waals surface area contributed by atoms with Crippen molar-refractivity contribution in [2.24, 2.45) is 11.8 Å². The van der Waals surface area contributed by atoms with E-state index in [0.717, 1.165) is 0 Å². The van der Waals surface area contributed by atoms with Crippen molar-refractivity contribution in [3.63, 3.8) is 0 Å². The lowest BCUT2D eigenvalue weighted by Crippen LogP contribution is -2.46. The van der Waals surface area contributed by atoms with Crippen LogP contribution in [0, 0.1) is 11.8 Å². The third-order valence-corrected chi connectivity index (χ3v) is 4.04. The molecule has 22 heavy (non-hydrogen) atoms. The van der Waals surface area contributed by atoms with Gasteiger partial charge >= 0.3 is 6.09 Å². The van der Waals surface area contributed by atoms with Crippen LogP contribution in [-0.2, 0) is 14.3 Å². The highest BCUT2D eigenvalue weighted by molar-refractivity contribution is 5.88. The Morgan fingerprint density at radius 3 is 2.64 bits per heavy atom. The van der Waals surface area contributed by atoms with E-state index in [4.69, 9.17) is 4.74 Å². The van der Waals surface area contributed by atoms with Gasteiger partial charge in [-0.3, -0.25) is 9.59 Å². The second-order valence-electron chi connectivity index (χ2n) is 5.76. The Hall–Kier alpha value is -1.85. The summed E-state index contributed by atoms with van der Waals surface area (Å²) in [7, 11) is 1.62. The normalized spacial score (nSPS) is 28.5. The number of carbonyl (C=O) groups is 3. The molecule has 1 rings (SSSR count). The number of hydrogen-bond donors (Lipinski definition) is 1. The van der Waals surface area contributed by atoms with E-state index < -0.39 is 12.1 Å². The molecule has 6 heteroatoms. The van der Waals surface area contributed by atoms with Crippen molar-refractivity contribution < 1.29 is 19.1 Å². The molecule has 1 saturated heterocycles. The molecule has 0 aromatic heterocycles. The van der Waals surface area contributed by atoms with Gasteiger partial charge in [0.2, 0.25) is 5.91 Å². The third-order valence-electron chi connectivity index (χ3n) is 4.04. The van der Waals surface area contributed by atoms with Crippen molar-refractivity contribution in [3.05, 3.63) is 12.2 Å². The fourth-order valence-corrected chi connectivity index (χ4v) is 2.44. The minimum absolute atomic E-state index is 0.0323. The van der Waals surface area contributed by atoms with Crippen molar-refractivity contribution in [1.82, 2.24) is 10.2 Å². The van der Waals surface area contributed by atoms with Crippen LogP contribution in [0.15, 0.2) is 12.2 Å². The number of amides is 2. The molecular formula is C16H26N2O4. The molecule has 0 unspecified atom stereocenters. The number of allylic oxidation sites excluding steroid dienone is 2. The summed E-state index contributed by atoms with van der Waals surface area (Å²) in [6.07, 6.45) is 4.38. The van der Waals surface area contributed by atoms with E-state index in [9.17, 15) is 14.4 Å². The minimum atomic E-state index is -0.573. The standard InChI is InChI=1S/C16H26N2O4/c1-5-6-13-8-10-22-16(21)18(4)9-7-14(12(3)19)17-15(20)11(13)2/h5-6,11,13-14H,7-10H2,1-4H3,(H,17,20)/b6-5+/t11-,13+,14+/m1/s1. The molecule has 0 saturated carbocycles. The highest BCUT2D eigenvalue weighted by atomic mass is 16.6. The third kappa shape index (κ3) is 5.16. The van der Waals surface area contributed by atoms with Gasteiger partial charge in [0.05, 0.1) is 12.6 Å². The van der Waals surface area contributed by atoms with E-state index in [2.05, 4.69) is 5.32 Å². The van der Waals surface area contributed by atoms with Crippen LogP contribution in [0.4, 0.5) is 4.79 Å². The molecule has 0 spiro atoms. The molecule has 1 fully saturated rings. The molecule has 1 aliphatic rings. The van der Waals surface area contributed by atoms with Gasteiger partial charge < -0.3 is 15.0 Å². The van der Waals surface area contributed by atoms with E-state index in [-0.39, 0.29) is 30.1 Å². The van der Waals surface area contributed by atoms with Gasteiger partial charge in [0.1, 0.15) is 0 Å². The quantitative estimate of drug-likeness (QED) is 0.788. The first-order valence-electron chi connectivity index (χ1n) is 7.68. The number of carbonyl (C=O) groups excluding carboxylic acids is 3. The van der Waals surface area contributed by atoms with Crippen LogP contribution in [0.25, 0.3) is 0 Å². The molecule has 124 valence electrons. The maximum atomic E-state index is 12.4. The number of ketones is 1. The van der Waals surface area contributed by atoms with Crippen molar-refractivity contribution in [2.45, 2.75) is 39.7 Å². The molecule has 3 atom stereocenters. The van der Waals surface area contributed by atoms with E-state index in [1.54, 1.807) is 7.05 Å². The fourth-order valence-electron chi connectivity index (χ4n) is 2.44. The first kappa shape index (κ1) is 18.2. The number of Topliss-reactive ketones (excluding diaryl/α,β-unsaturated/α-hetero) is 1. The van der Waals surface area contributed by atoms with Gasteiger partial charge in [0.25, 0.3) is 0 Å². The molecule has 0 radical (unpaired) electrons.